The predicted octanol–water partition coefficient (Wildman–Crippen LogP) is 2.60. The average Bonchev–Trinajstić information content (AvgIpc) is 3.16. The van der Waals surface area contributed by atoms with E-state index >= 15 is 0 Å². The van der Waals surface area contributed by atoms with Gasteiger partial charge in [0.1, 0.15) is 0 Å². The molecule has 0 aliphatic heterocycles. The smallest absolute Gasteiger partial charge is 0.308 e. The fraction of sp³-hybridized carbons (Fsp3) is 0.429. The van der Waals surface area contributed by atoms with Crippen LogP contribution in [0.3, 0.4) is 0 Å². The van der Waals surface area contributed by atoms with E-state index in [1.54, 1.807) is 16.9 Å². The molecule has 0 unspecified atom stereocenters. The summed E-state index contributed by atoms with van der Waals surface area (Å²) in [6, 6.07) is 5.85. The van der Waals surface area contributed by atoms with E-state index in [1.807, 2.05) is 0 Å². The summed E-state index contributed by atoms with van der Waals surface area (Å²) in [5.41, 5.74) is 0.709. The van der Waals surface area contributed by atoms with Crippen LogP contribution in [0, 0.1) is 0 Å². The van der Waals surface area contributed by atoms with Crippen molar-refractivity contribution < 1.29 is 13.2 Å². The summed E-state index contributed by atoms with van der Waals surface area (Å²) in [5.74, 6) is 0. The number of hydrogen-bond acceptors (Lipinski definition) is 3. The molecular formula is C14H15F3N4. The molecule has 7 heteroatoms. The number of rotatable bonds is 5. The van der Waals surface area contributed by atoms with Crippen molar-refractivity contribution in [2.75, 3.05) is 0 Å². The zero-order valence-corrected chi connectivity index (χ0v) is 11.3. The fourth-order valence-electron chi connectivity index (χ4n) is 2.07. The minimum atomic E-state index is -4.32. The van der Waals surface area contributed by atoms with E-state index < -0.39 is 11.7 Å². The first kappa shape index (κ1) is 14.1. The first-order valence-electron chi connectivity index (χ1n) is 6.79. The Morgan fingerprint density at radius 3 is 2.81 bits per heavy atom. The number of alkyl halides is 3. The summed E-state index contributed by atoms with van der Waals surface area (Å²) in [4.78, 5) is 0. The predicted molar refractivity (Wildman–Crippen MR) is 70.4 cm³/mol. The van der Waals surface area contributed by atoms with Crippen molar-refractivity contribution in [2.45, 2.75) is 38.1 Å². The lowest BCUT2D eigenvalue weighted by atomic mass is 10.1. The Kier molecular flexibility index (Phi) is 3.67. The highest BCUT2D eigenvalue weighted by atomic mass is 19.4. The van der Waals surface area contributed by atoms with Crippen molar-refractivity contribution in [2.24, 2.45) is 0 Å². The first-order valence-corrected chi connectivity index (χ1v) is 6.79. The lowest BCUT2D eigenvalue weighted by Crippen LogP contribution is -2.15. The Hall–Kier alpha value is -1.89. The molecule has 1 aliphatic rings. The zero-order valence-electron chi connectivity index (χ0n) is 11.3. The molecule has 1 saturated carbocycles. The van der Waals surface area contributed by atoms with Gasteiger partial charge >= 0.3 is 6.18 Å². The van der Waals surface area contributed by atoms with Crippen LogP contribution in [0.15, 0.2) is 30.5 Å². The molecule has 4 nitrogen and oxygen atoms in total. The molecular weight excluding hydrogens is 281 g/mol. The van der Waals surface area contributed by atoms with Gasteiger partial charge in [-0.3, -0.25) is 0 Å². The molecule has 0 spiro atoms. The van der Waals surface area contributed by atoms with E-state index in [0.29, 0.717) is 18.2 Å². The van der Waals surface area contributed by atoms with Gasteiger partial charge in [0.05, 0.1) is 24.0 Å². The minimum Gasteiger partial charge on any atom is -0.308 e. The van der Waals surface area contributed by atoms with Crippen LogP contribution in [-0.2, 0) is 19.3 Å². The Morgan fingerprint density at radius 2 is 2.10 bits per heavy atom. The largest absolute Gasteiger partial charge is 0.416 e. The van der Waals surface area contributed by atoms with E-state index in [9.17, 15) is 13.2 Å². The maximum atomic E-state index is 12.6. The Balaban J connectivity index is 1.65. The molecule has 0 bridgehead atoms. The standard InChI is InChI=1S/C14H15F3N4/c15-14(16,17)11-3-1-2-10(6-11)8-21-9-13(19-20-21)7-18-12-4-5-12/h1-3,6,9,12,18H,4-5,7-8H2. The van der Waals surface area contributed by atoms with E-state index in [0.717, 1.165) is 17.8 Å². The Morgan fingerprint density at radius 1 is 1.29 bits per heavy atom. The monoisotopic (exact) mass is 296 g/mol. The SMILES string of the molecule is FC(F)(F)c1cccc(Cn2cc(CNC3CC3)nn2)c1. The van der Waals surface area contributed by atoms with Crippen molar-refractivity contribution in [1.82, 2.24) is 20.3 Å². The van der Waals surface area contributed by atoms with Crippen molar-refractivity contribution in [3.05, 3.63) is 47.3 Å². The maximum Gasteiger partial charge on any atom is 0.416 e. The number of halogens is 3. The summed E-state index contributed by atoms with van der Waals surface area (Å²) in [6.07, 6.45) is -0.176. The lowest BCUT2D eigenvalue weighted by Gasteiger charge is -2.08. The third kappa shape index (κ3) is 3.81. The van der Waals surface area contributed by atoms with Gasteiger partial charge in [0.2, 0.25) is 0 Å². The number of benzene rings is 1. The van der Waals surface area contributed by atoms with Gasteiger partial charge in [0.25, 0.3) is 0 Å². The highest BCUT2D eigenvalue weighted by Crippen LogP contribution is 2.29. The average molecular weight is 296 g/mol. The Labute approximate surface area is 120 Å². The molecule has 3 rings (SSSR count). The van der Waals surface area contributed by atoms with Gasteiger partial charge in [0.15, 0.2) is 0 Å². The van der Waals surface area contributed by atoms with E-state index in [-0.39, 0.29) is 6.54 Å². The number of nitrogens with zero attached hydrogens (tertiary/aromatic N) is 3. The normalized spacial score (nSPS) is 15.4. The molecule has 1 heterocycles. The molecule has 112 valence electrons. The van der Waals surface area contributed by atoms with Crippen LogP contribution in [0.1, 0.15) is 29.7 Å². The minimum absolute atomic E-state index is 0.278. The van der Waals surface area contributed by atoms with Crippen LogP contribution in [0.25, 0.3) is 0 Å². The van der Waals surface area contributed by atoms with Crippen LogP contribution in [0.4, 0.5) is 13.2 Å². The summed E-state index contributed by atoms with van der Waals surface area (Å²) < 4.78 is 39.5. The van der Waals surface area contributed by atoms with Gasteiger partial charge in [-0.2, -0.15) is 13.2 Å². The molecule has 1 N–H and O–H groups in total. The molecule has 1 aromatic heterocycles. The molecule has 0 amide bonds. The highest BCUT2D eigenvalue weighted by Gasteiger charge is 2.30. The molecule has 1 fully saturated rings. The third-order valence-electron chi connectivity index (χ3n) is 3.33. The van der Waals surface area contributed by atoms with Gasteiger partial charge in [-0.05, 0) is 30.5 Å². The highest BCUT2D eigenvalue weighted by molar-refractivity contribution is 5.25. The fourth-order valence-corrected chi connectivity index (χ4v) is 2.07. The maximum absolute atomic E-state index is 12.6. The topological polar surface area (TPSA) is 42.7 Å². The van der Waals surface area contributed by atoms with Gasteiger partial charge < -0.3 is 5.32 Å². The van der Waals surface area contributed by atoms with Gasteiger partial charge in [0, 0.05) is 12.6 Å². The summed E-state index contributed by atoms with van der Waals surface area (Å²) in [7, 11) is 0. The third-order valence-corrected chi connectivity index (χ3v) is 3.33. The van der Waals surface area contributed by atoms with Gasteiger partial charge in [-0.1, -0.05) is 17.3 Å². The van der Waals surface area contributed by atoms with E-state index in [2.05, 4.69) is 15.6 Å². The zero-order chi connectivity index (χ0) is 14.9. The van der Waals surface area contributed by atoms with E-state index in [1.165, 1.54) is 18.9 Å². The second-order valence-electron chi connectivity index (χ2n) is 5.26. The molecule has 0 saturated heterocycles. The van der Waals surface area contributed by atoms with Crippen molar-refractivity contribution >= 4 is 0 Å². The van der Waals surface area contributed by atoms with Crippen molar-refractivity contribution in [3.63, 3.8) is 0 Å². The van der Waals surface area contributed by atoms with Crippen molar-refractivity contribution in [3.8, 4) is 0 Å². The molecule has 2 aromatic rings. The quantitative estimate of drug-likeness (QED) is 0.922. The molecule has 1 aromatic carbocycles. The lowest BCUT2D eigenvalue weighted by molar-refractivity contribution is -0.137. The summed E-state index contributed by atoms with van der Waals surface area (Å²) in [5, 5.41) is 11.3. The molecule has 21 heavy (non-hydrogen) atoms. The van der Waals surface area contributed by atoms with Crippen LogP contribution < -0.4 is 5.32 Å². The van der Waals surface area contributed by atoms with Gasteiger partial charge in [-0.15, -0.1) is 5.10 Å². The number of hydrogen-bond donors (Lipinski definition) is 1. The second kappa shape index (κ2) is 5.48. The Bertz CT molecular complexity index is 617. The van der Waals surface area contributed by atoms with Crippen LogP contribution in [-0.4, -0.2) is 21.0 Å². The van der Waals surface area contributed by atoms with E-state index in [4.69, 9.17) is 0 Å². The summed E-state index contributed by atoms with van der Waals surface area (Å²) >= 11 is 0. The first-order chi connectivity index (χ1) is 10.0. The molecule has 0 radical (unpaired) electrons. The van der Waals surface area contributed by atoms with Crippen LogP contribution >= 0.6 is 0 Å². The van der Waals surface area contributed by atoms with Crippen LogP contribution in [0.5, 0.6) is 0 Å². The van der Waals surface area contributed by atoms with Crippen LogP contribution in [0.2, 0.25) is 0 Å². The van der Waals surface area contributed by atoms with Gasteiger partial charge in [-0.25, -0.2) is 4.68 Å². The summed E-state index contributed by atoms with van der Waals surface area (Å²) in [6.45, 7) is 0.924. The number of aromatic nitrogens is 3. The molecule has 0 atom stereocenters. The molecule has 1 aliphatic carbocycles. The second-order valence-corrected chi connectivity index (χ2v) is 5.26. The number of nitrogens with one attached hydrogen (secondary N) is 1. The van der Waals surface area contributed by atoms with Crippen molar-refractivity contribution in [1.29, 1.82) is 0 Å².